The van der Waals surface area contributed by atoms with Gasteiger partial charge in [-0.1, -0.05) is 6.07 Å². The normalized spacial score (nSPS) is 14.4. The fourth-order valence-corrected chi connectivity index (χ4v) is 2.45. The quantitative estimate of drug-likeness (QED) is 0.819. The molecule has 2 N–H and O–H groups in total. The van der Waals surface area contributed by atoms with Crippen LogP contribution in [0.4, 0.5) is 34.6 Å². The zero-order valence-corrected chi connectivity index (χ0v) is 10.8. The number of nitrogens with two attached hydrogens (primary N) is 1. The van der Waals surface area contributed by atoms with Crippen LogP contribution in [0.1, 0.15) is 11.3 Å². The van der Waals surface area contributed by atoms with Gasteiger partial charge in [-0.3, -0.25) is 0 Å². The second-order valence-electron chi connectivity index (χ2n) is 4.80. The molecular formula is C14H11F4N3. The van der Waals surface area contributed by atoms with Crippen molar-refractivity contribution in [1.82, 2.24) is 4.98 Å². The number of aromatic nitrogens is 1. The predicted octanol–water partition coefficient (Wildman–Crippen LogP) is 3.52. The second-order valence-corrected chi connectivity index (χ2v) is 4.80. The first-order valence-corrected chi connectivity index (χ1v) is 6.25. The Morgan fingerprint density at radius 3 is 2.62 bits per heavy atom. The molecule has 0 saturated carbocycles. The molecule has 1 aromatic carbocycles. The zero-order chi connectivity index (χ0) is 15.2. The Labute approximate surface area is 118 Å². The maximum Gasteiger partial charge on any atom is 0.433 e. The molecule has 1 aliphatic rings. The number of nitrogens with zero attached hydrogens (tertiary/aromatic N) is 2. The van der Waals surface area contributed by atoms with E-state index in [1.165, 1.54) is 12.1 Å². The summed E-state index contributed by atoms with van der Waals surface area (Å²) in [6, 6.07) is 5.16. The van der Waals surface area contributed by atoms with E-state index < -0.39 is 17.7 Å². The number of fused-ring (bicyclic) bond motifs is 1. The number of rotatable bonds is 1. The van der Waals surface area contributed by atoms with E-state index in [-0.39, 0.29) is 11.4 Å². The minimum atomic E-state index is -4.55. The van der Waals surface area contributed by atoms with E-state index in [2.05, 4.69) is 4.98 Å². The van der Waals surface area contributed by atoms with Gasteiger partial charge in [0.15, 0.2) is 0 Å². The Hall–Kier alpha value is -2.31. The van der Waals surface area contributed by atoms with Gasteiger partial charge in [-0.15, -0.1) is 0 Å². The van der Waals surface area contributed by atoms with Crippen LogP contribution < -0.4 is 10.6 Å². The number of nitrogen functional groups attached to an aromatic ring is 1. The highest BCUT2D eigenvalue weighted by Crippen LogP contribution is 2.39. The van der Waals surface area contributed by atoms with Gasteiger partial charge in [0.05, 0.1) is 17.6 Å². The van der Waals surface area contributed by atoms with Crippen LogP contribution in [0.5, 0.6) is 0 Å². The van der Waals surface area contributed by atoms with E-state index in [9.17, 15) is 17.6 Å². The van der Waals surface area contributed by atoms with Gasteiger partial charge in [-0.05, 0) is 30.2 Å². The average Bonchev–Trinajstić information content (AvgIpc) is 2.80. The first-order chi connectivity index (χ1) is 9.86. The van der Waals surface area contributed by atoms with E-state index >= 15 is 0 Å². The molecule has 1 aliphatic heterocycles. The lowest BCUT2D eigenvalue weighted by Gasteiger charge is -2.22. The van der Waals surface area contributed by atoms with Crippen molar-refractivity contribution in [1.29, 1.82) is 0 Å². The first-order valence-electron chi connectivity index (χ1n) is 6.25. The molecule has 21 heavy (non-hydrogen) atoms. The lowest BCUT2D eigenvalue weighted by Crippen LogP contribution is -2.17. The van der Waals surface area contributed by atoms with Crippen molar-refractivity contribution in [2.24, 2.45) is 0 Å². The molecule has 7 heteroatoms. The molecule has 3 rings (SSSR count). The average molecular weight is 297 g/mol. The molecule has 110 valence electrons. The van der Waals surface area contributed by atoms with Crippen LogP contribution in [0.2, 0.25) is 0 Å². The minimum Gasteiger partial charge on any atom is -0.396 e. The lowest BCUT2D eigenvalue weighted by molar-refractivity contribution is -0.141. The Bertz CT molecular complexity index is 697. The number of hydrogen-bond acceptors (Lipinski definition) is 3. The molecular weight excluding hydrogens is 286 g/mol. The third kappa shape index (κ3) is 2.39. The summed E-state index contributed by atoms with van der Waals surface area (Å²) < 4.78 is 51.7. The highest BCUT2D eigenvalue weighted by atomic mass is 19.4. The standard InChI is InChI=1S/C14H11F4N3/c15-9-2-1-8-3-4-21(11(8)5-9)12-6-13(14(16,17)18)20-7-10(12)19/h1-2,5-7H,3-4,19H2. The van der Waals surface area contributed by atoms with Crippen molar-refractivity contribution in [2.45, 2.75) is 12.6 Å². The Morgan fingerprint density at radius 2 is 1.90 bits per heavy atom. The third-order valence-corrected chi connectivity index (χ3v) is 3.44. The molecule has 0 unspecified atom stereocenters. The van der Waals surface area contributed by atoms with Gasteiger partial charge < -0.3 is 10.6 Å². The first kappa shape index (κ1) is 13.7. The van der Waals surface area contributed by atoms with Gasteiger partial charge in [-0.2, -0.15) is 13.2 Å². The number of anilines is 3. The Morgan fingerprint density at radius 1 is 1.14 bits per heavy atom. The summed E-state index contributed by atoms with van der Waals surface area (Å²) >= 11 is 0. The molecule has 3 nitrogen and oxygen atoms in total. The molecule has 0 fully saturated rings. The fraction of sp³-hybridized carbons (Fsp3) is 0.214. The van der Waals surface area contributed by atoms with E-state index in [4.69, 9.17) is 5.73 Å². The second kappa shape index (κ2) is 4.61. The minimum absolute atomic E-state index is 0.125. The number of benzene rings is 1. The maximum atomic E-state index is 13.4. The summed E-state index contributed by atoms with van der Waals surface area (Å²) in [5.41, 5.74) is 6.47. The summed E-state index contributed by atoms with van der Waals surface area (Å²) in [6.45, 7) is 0.449. The Kier molecular flexibility index (Phi) is 3.00. The van der Waals surface area contributed by atoms with Gasteiger partial charge in [0.2, 0.25) is 0 Å². The van der Waals surface area contributed by atoms with Crippen molar-refractivity contribution in [2.75, 3.05) is 17.2 Å². The Balaban J connectivity index is 2.09. The number of pyridine rings is 1. The smallest absolute Gasteiger partial charge is 0.396 e. The van der Waals surface area contributed by atoms with E-state index in [0.29, 0.717) is 18.7 Å². The topological polar surface area (TPSA) is 42.1 Å². The largest absolute Gasteiger partial charge is 0.433 e. The maximum absolute atomic E-state index is 13.4. The SMILES string of the molecule is Nc1cnc(C(F)(F)F)cc1N1CCc2ccc(F)cc21. The molecule has 0 amide bonds. The van der Waals surface area contributed by atoms with Gasteiger partial charge in [0.25, 0.3) is 0 Å². The molecule has 2 heterocycles. The molecule has 0 radical (unpaired) electrons. The molecule has 0 spiro atoms. The number of alkyl halides is 3. The van der Waals surface area contributed by atoms with Crippen molar-refractivity contribution in [3.63, 3.8) is 0 Å². The van der Waals surface area contributed by atoms with Crippen LogP contribution in [0.25, 0.3) is 0 Å². The van der Waals surface area contributed by atoms with Crippen LogP contribution in [-0.4, -0.2) is 11.5 Å². The van der Waals surface area contributed by atoms with Crippen molar-refractivity contribution >= 4 is 17.1 Å². The summed E-state index contributed by atoms with van der Waals surface area (Å²) in [5, 5.41) is 0. The molecule has 0 aliphatic carbocycles. The summed E-state index contributed by atoms with van der Waals surface area (Å²) in [6.07, 6.45) is -2.94. The van der Waals surface area contributed by atoms with Crippen LogP contribution >= 0.6 is 0 Å². The molecule has 0 bridgehead atoms. The van der Waals surface area contributed by atoms with E-state index in [1.54, 1.807) is 11.0 Å². The molecule has 2 aromatic rings. The lowest BCUT2D eigenvalue weighted by atomic mass is 10.1. The molecule has 0 saturated heterocycles. The number of halogens is 4. The van der Waals surface area contributed by atoms with Gasteiger partial charge in [-0.25, -0.2) is 9.37 Å². The van der Waals surface area contributed by atoms with Crippen LogP contribution in [0.3, 0.4) is 0 Å². The van der Waals surface area contributed by atoms with Crippen LogP contribution in [-0.2, 0) is 12.6 Å². The highest BCUT2D eigenvalue weighted by molar-refractivity contribution is 5.78. The summed E-state index contributed by atoms with van der Waals surface area (Å²) in [7, 11) is 0. The van der Waals surface area contributed by atoms with Crippen molar-refractivity contribution in [3.05, 3.63) is 47.5 Å². The fourth-order valence-electron chi connectivity index (χ4n) is 2.45. The predicted molar refractivity (Wildman–Crippen MR) is 70.8 cm³/mol. The zero-order valence-electron chi connectivity index (χ0n) is 10.8. The van der Waals surface area contributed by atoms with E-state index in [1.807, 2.05) is 0 Å². The van der Waals surface area contributed by atoms with Crippen LogP contribution in [0, 0.1) is 5.82 Å². The van der Waals surface area contributed by atoms with Crippen molar-refractivity contribution < 1.29 is 17.6 Å². The van der Waals surface area contributed by atoms with Gasteiger partial charge >= 0.3 is 6.18 Å². The number of hydrogen-bond donors (Lipinski definition) is 1. The summed E-state index contributed by atoms with van der Waals surface area (Å²) in [4.78, 5) is 4.89. The van der Waals surface area contributed by atoms with Crippen molar-refractivity contribution in [3.8, 4) is 0 Å². The van der Waals surface area contributed by atoms with Gasteiger partial charge in [0.1, 0.15) is 11.5 Å². The van der Waals surface area contributed by atoms with E-state index in [0.717, 1.165) is 17.8 Å². The monoisotopic (exact) mass is 297 g/mol. The van der Waals surface area contributed by atoms with Crippen LogP contribution in [0.15, 0.2) is 30.5 Å². The third-order valence-electron chi connectivity index (χ3n) is 3.44. The van der Waals surface area contributed by atoms with Gasteiger partial charge in [0, 0.05) is 12.2 Å². The summed E-state index contributed by atoms with van der Waals surface area (Å²) in [5.74, 6) is -0.440. The highest BCUT2D eigenvalue weighted by Gasteiger charge is 2.34. The molecule has 0 atom stereocenters. The molecule has 1 aromatic heterocycles.